The van der Waals surface area contributed by atoms with E-state index in [1.165, 1.54) is 6.33 Å². The predicted molar refractivity (Wildman–Crippen MR) is 77.0 cm³/mol. The molecule has 2 aromatic rings. The number of benzene rings is 1. The van der Waals surface area contributed by atoms with E-state index in [9.17, 15) is 0 Å². The van der Waals surface area contributed by atoms with Gasteiger partial charge in [-0.15, -0.1) is 0 Å². The molecule has 0 unspecified atom stereocenters. The van der Waals surface area contributed by atoms with Crippen molar-refractivity contribution >= 4 is 16.7 Å². The molecule has 1 fully saturated rings. The zero-order valence-electron chi connectivity index (χ0n) is 11.4. The summed E-state index contributed by atoms with van der Waals surface area (Å²) in [5, 5.41) is 4.10. The van der Waals surface area contributed by atoms with E-state index >= 15 is 0 Å². The molecule has 0 spiro atoms. The summed E-state index contributed by atoms with van der Waals surface area (Å²) >= 11 is 0. The smallest absolute Gasteiger partial charge is 0.163 e. The number of nitrogens with one attached hydrogen (secondary N) is 1. The lowest BCUT2D eigenvalue weighted by atomic mass is 10.1. The average Bonchev–Trinajstić information content (AvgIpc) is 2.48. The van der Waals surface area contributed by atoms with Crippen LogP contribution in [0.2, 0.25) is 0 Å². The van der Waals surface area contributed by atoms with Crippen molar-refractivity contribution in [1.29, 1.82) is 0 Å². The van der Waals surface area contributed by atoms with E-state index in [1.807, 2.05) is 12.1 Å². The van der Waals surface area contributed by atoms with E-state index in [0.29, 0.717) is 17.3 Å². The van der Waals surface area contributed by atoms with Crippen LogP contribution in [0.1, 0.15) is 12.8 Å². The molecular weight excluding hydrogens is 256 g/mol. The maximum Gasteiger partial charge on any atom is 0.163 e. The van der Waals surface area contributed by atoms with Gasteiger partial charge in [-0.05, 0) is 32.0 Å². The van der Waals surface area contributed by atoms with Gasteiger partial charge in [-0.1, -0.05) is 0 Å². The van der Waals surface area contributed by atoms with E-state index < -0.39 is 0 Å². The number of rotatable bonds is 3. The second kappa shape index (κ2) is 5.50. The number of hydrogen-bond donors (Lipinski definition) is 2. The van der Waals surface area contributed by atoms with Crippen molar-refractivity contribution in [1.82, 2.24) is 15.3 Å². The largest absolute Gasteiger partial charge is 0.493 e. The molecule has 1 saturated heterocycles. The lowest BCUT2D eigenvalue weighted by Gasteiger charge is -2.24. The van der Waals surface area contributed by atoms with Crippen molar-refractivity contribution in [3.8, 4) is 11.5 Å². The third-order valence-electron chi connectivity index (χ3n) is 3.53. The number of nitrogen functional groups attached to an aromatic ring is 1. The molecule has 3 rings (SSSR count). The summed E-state index contributed by atoms with van der Waals surface area (Å²) in [7, 11) is 1.62. The highest BCUT2D eigenvalue weighted by Gasteiger charge is 2.18. The first kappa shape index (κ1) is 12.9. The zero-order chi connectivity index (χ0) is 13.9. The topological polar surface area (TPSA) is 82.3 Å². The second-order valence-corrected chi connectivity index (χ2v) is 4.85. The first-order valence-electron chi connectivity index (χ1n) is 6.73. The Morgan fingerprint density at radius 3 is 2.75 bits per heavy atom. The summed E-state index contributed by atoms with van der Waals surface area (Å²) in [5.74, 6) is 1.82. The number of fused-ring (bicyclic) bond motifs is 1. The summed E-state index contributed by atoms with van der Waals surface area (Å²) in [5.41, 5.74) is 6.62. The highest BCUT2D eigenvalue weighted by atomic mass is 16.5. The minimum atomic E-state index is 0.210. The fraction of sp³-hybridized carbons (Fsp3) is 0.429. The third kappa shape index (κ3) is 2.46. The third-order valence-corrected chi connectivity index (χ3v) is 3.53. The number of aromatic nitrogens is 2. The number of nitrogens with two attached hydrogens (primary N) is 1. The highest BCUT2D eigenvalue weighted by Crippen LogP contribution is 2.34. The molecule has 2 heterocycles. The highest BCUT2D eigenvalue weighted by molar-refractivity contribution is 5.90. The van der Waals surface area contributed by atoms with Gasteiger partial charge in [0.1, 0.15) is 18.2 Å². The van der Waals surface area contributed by atoms with Crippen LogP contribution in [-0.2, 0) is 0 Å². The van der Waals surface area contributed by atoms with E-state index in [1.54, 1.807) is 7.11 Å². The van der Waals surface area contributed by atoms with Crippen LogP contribution in [0.25, 0.3) is 10.9 Å². The number of methoxy groups -OCH3 is 1. The van der Waals surface area contributed by atoms with Gasteiger partial charge in [-0.25, -0.2) is 9.97 Å². The van der Waals surface area contributed by atoms with Gasteiger partial charge in [-0.3, -0.25) is 0 Å². The Labute approximate surface area is 117 Å². The van der Waals surface area contributed by atoms with E-state index in [4.69, 9.17) is 15.2 Å². The zero-order valence-corrected chi connectivity index (χ0v) is 11.4. The van der Waals surface area contributed by atoms with Crippen LogP contribution in [0.5, 0.6) is 11.5 Å². The number of hydrogen-bond acceptors (Lipinski definition) is 6. The Bertz CT molecular complexity index is 611. The number of ether oxygens (including phenoxy) is 2. The molecule has 1 aliphatic rings. The van der Waals surface area contributed by atoms with Crippen LogP contribution in [0, 0.1) is 0 Å². The number of anilines is 1. The van der Waals surface area contributed by atoms with Crippen LogP contribution < -0.4 is 20.5 Å². The average molecular weight is 274 g/mol. The summed E-state index contributed by atoms with van der Waals surface area (Å²) < 4.78 is 11.5. The fourth-order valence-electron chi connectivity index (χ4n) is 2.43. The summed E-state index contributed by atoms with van der Waals surface area (Å²) in [6.07, 6.45) is 3.65. The van der Waals surface area contributed by atoms with Crippen LogP contribution in [0.4, 0.5) is 5.82 Å². The van der Waals surface area contributed by atoms with Crippen molar-refractivity contribution < 1.29 is 9.47 Å². The monoisotopic (exact) mass is 274 g/mol. The van der Waals surface area contributed by atoms with Gasteiger partial charge < -0.3 is 20.5 Å². The second-order valence-electron chi connectivity index (χ2n) is 4.85. The van der Waals surface area contributed by atoms with Crippen molar-refractivity contribution in [3.63, 3.8) is 0 Å². The first-order chi connectivity index (χ1) is 9.78. The van der Waals surface area contributed by atoms with Crippen molar-refractivity contribution in [3.05, 3.63) is 18.5 Å². The van der Waals surface area contributed by atoms with Gasteiger partial charge in [0.15, 0.2) is 11.5 Å². The molecule has 1 aromatic heterocycles. The molecule has 0 radical (unpaired) electrons. The maximum atomic E-state index is 6.06. The van der Waals surface area contributed by atoms with Gasteiger partial charge in [0.05, 0.1) is 12.6 Å². The summed E-state index contributed by atoms with van der Waals surface area (Å²) in [6, 6.07) is 3.70. The Kier molecular flexibility index (Phi) is 3.56. The van der Waals surface area contributed by atoms with Crippen molar-refractivity contribution in [2.24, 2.45) is 0 Å². The fourth-order valence-corrected chi connectivity index (χ4v) is 2.43. The van der Waals surface area contributed by atoms with Gasteiger partial charge in [-0.2, -0.15) is 0 Å². The van der Waals surface area contributed by atoms with E-state index in [-0.39, 0.29) is 6.10 Å². The quantitative estimate of drug-likeness (QED) is 0.879. The van der Waals surface area contributed by atoms with Gasteiger partial charge >= 0.3 is 0 Å². The molecule has 0 saturated carbocycles. The molecule has 0 bridgehead atoms. The molecular formula is C14H18N4O2. The predicted octanol–water partition coefficient (Wildman–Crippen LogP) is 1.35. The summed E-state index contributed by atoms with van der Waals surface area (Å²) in [6.45, 7) is 1.96. The van der Waals surface area contributed by atoms with Crippen LogP contribution >= 0.6 is 0 Å². The molecule has 6 nitrogen and oxygen atoms in total. The molecule has 20 heavy (non-hydrogen) atoms. The molecule has 106 valence electrons. The normalized spacial score (nSPS) is 16.2. The van der Waals surface area contributed by atoms with Gasteiger partial charge in [0.2, 0.25) is 0 Å². The first-order valence-corrected chi connectivity index (χ1v) is 6.73. The minimum absolute atomic E-state index is 0.210. The standard InChI is InChI=1S/C14H18N4O2/c1-19-12-6-10-11(17-8-18-14(10)15)7-13(12)20-9-2-4-16-5-3-9/h6-9,16H,2-5H2,1H3,(H2,15,17,18). The molecule has 0 atom stereocenters. The lowest BCUT2D eigenvalue weighted by Crippen LogP contribution is -2.34. The van der Waals surface area contributed by atoms with Crippen molar-refractivity contribution in [2.45, 2.75) is 18.9 Å². The molecule has 0 amide bonds. The Hall–Kier alpha value is -2.08. The van der Waals surface area contributed by atoms with Crippen molar-refractivity contribution in [2.75, 3.05) is 25.9 Å². The molecule has 3 N–H and O–H groups in total. The van der Waals surface area contributed by atoms with Gasteiger partial charge in [0.25, 0.3) is 0 Å². The molecule has 0 aliphatic carbocycles. The molecule has 1 aromatic carbocycles. The van der Waals surface area contributed by atoms with Crippen LogP contribution in [0.3, 0.4) is 0 Å². The van der Waals surface area contributed by atoms with Gasteiger partial charge in [0, 0.05) is 11.5 Å². The Morgan fingerprint density at radius 1 is 1.20 bits per heavy atom. The van der Waals surface area contributed by atoms with Crippen LogP contribution in [-0.4, -0.2) is 36.3 Å². The maximum absolute atomic E-state index is 6.06. The molecule has 1 aliphatic heterocycles. The van der Waals surface area contributed by atoms with Crippen LogP contribution in [0.15, 0.2) is 18.5 Å². The Balaban J connectivity index is 1.96. The SMILES string of the molecule is COc1cc2c(N)ncnc2cc1OC1CCNCC1. The van der Waals surface area contributed by atoms with E-state index in [2.05, 4.69) is 15.3 Å². The lowest BCUT2D eigenvalue weighted by molar-refractivity contribution is 0.157. The number of nitrogens with zero attached hydrogens (tertiary/aromatic N) is 2. The molecule has 6 heteroatoms. The Morgan fingerprint density at radius 2 is 2.00 bits per heavy atom. The minimum Gasteiger partial charge on any atom is -0.493 e. The number of piperidine rings is 1. The summed E-state index contributed by atoms with van der Waals surface area (Å²) in [4.78, 5) is 8.22. The van der Waals surface area contributed by atoms with E-state index in [0.717, 1.165) is 36.8 Å².